The molecule has 0 aromatic heterocycles. The van der Waals surface area contributed by atoms with E-state index in [0.29, 0.717) is 5.92 Å². The summed E-state index contributed by atoms with van der Waals surface area (Å²) in [5.74, 6) is 1.53. The van der Waals surface area contributed by atoms with Crippen LogP contribution < -0.4 is 4.74 Å². The van der Waals surface area contributed by atoms with Crippen LogP contribution in [0.3, 0.4) is 0 Å². The summed E-state index contributed by atoms with van der Waals surface area (Å²) in [6.45, 7) is 8.67. The van der Waals surface area contributed by atoms with Gasteiger partial charge in [-0.25, -0.2) is 0 Å². The molecule has 2 aromatic rings. The first-order valence-corrected chi connectivity index (χ1v) is 7.37. The Morgan fingerprint density at radius 3 is 2.10 bits per heavy atom. The van der Waals surface area contributed by atoms with E-state index < -0.39 is 0 Å². The summed E-state index contributed by atoms with van der Waals surface area (Å²) < 4.78 is 6.16. The fraction of sp³-hybridized carbons (Fsp3) is 0.368. The third-order valence-corrected chi connectivity index (χ3v) is 3.90. The first-order chi connectivity index (χ1) is 9.53. The Hall–Kier alpha value is -1.76. The van der Waals surface area contributed by atoms with Crippen molar-refractivity contribution >= 4 is 0 Å². The van der Waals surface area contributed by atoms with E-state index in [4.69, 9.17) is 4.74 Å². The summed E-state index contributed by atoms with van der Waals surface area (Å²) >= 11 is 0. The standard InChI is InChI=1S/C19H24O/c1-5-15(2)16-11-13-18(14-12-16)20-19(3,4)17-9-7-6-8-10-17/h6-15H,5H2,1-4H3. The number of ether oxygens (including phenoxy) is 1. The summed E-state index contributed by atoms with van der Waals surface area (Å²) in [6.07, 6.45) is 1.16. The SMILES string of the molecule is CCC(C)c1ccc(OC(C)(C)c2ccccc2)cc1. The number of hydrogen-bond acceptors (Lipinski definition) is 1. The van der Waals surface area contributed by atoms with Gasteiger partial charge in [-0.2, -0.15) is 0 Å². The Kier molecular flexibility index (Phi) is 4.49. The zero-order valence-electron chi connectivity index (χ0n) is 12.9. The second-order valence-electron chi connectivity index (χ2n) is 5.86. The maximum Gasteiger partial charge on any atom is 0.128 e. The van der Waals surface area contributed by atoms with Crippen LogP contribution in [-0.2, 0) is 5.60 Å². The average molecular weight is 268 g/mol. The third-order valence-electron chi connectivity index (χ3n) is 3.90. The largest absolute Gasteiger partial charge is 0.483 e. The molecule has 0 saturated carbocycles. The normalized spacial score (nSPS) is 13.0. The average Bonchev–Trinajstić information content (AvgIpc) is 2.48. The lowest BCUT2D eigenvalue weighted by molar-refractivity contribution is 0.109. The predicted molar refractivity (Wildman–Crippen MR) is 85.2 cm³/mol. The molecule has 106 valence electrons. The van der Waals surface area contributed by atoms with Crippen LogP contribution in [0.15, 0.2) is 54.6 Å². The van der Waals surface area contributed by atoms with Crippen LogP contribution in [0, 0.1) is 0 Å². The van der Waals surface area contributed by atoms with Gasteiger partial charge < -0.3 is 4.74 Å². The molecule has 20 heavy (non-hydrogen) atoms. The van der Waals surface area contributed by atoms with Gasteiger partial charge in [-0.05, 0) is 49.4 Å². The third kappa shape index (κ3) is 3.41. The molecule has 1 nitrogen and oxygen atoms in total. The van der Waals surface area contributed by atoms with E-state index in [1.54, 1.807) is 0 Å². The highest BCUT2D eigenvalue weighted by Gasteiger charge is 2.22. The maximum atomic E-state index is 6.16. The Balaban J connectivity index is 2.13. The molecule has 0 aliphatic heterocycles. The topological polar surface area (TPSA) is 9.23 Å². The molecule has 0 aliphatic carbocycles. The zero-order valence-corrected chi connectivity index (χ0v) is 12.9. The van der Waals surface area contributed by atoms with Gasteiger partial charge in [0.05, 0.1) is 0 Å². The molecule has 1 heteroatoms. The summed E-state index contributed by atoms with van der Waals surface area (Å²) in [5.41, 5.74) is 2.24. The Bertz CT molecular complexity index is 525. The monoisotopic (exact) mass is 268 g/mol. The molecule has 0 saturated heterocycles. The molecule has 1 atom stereocenters. The number of rotatable bonds is 5. The molecule has 2 rings (SSSR count). The molecule has 0 heterocycles. The molecular formula is C19H24O. The van der Waals surface area contributed by atoms with Gasteiger partial charge in [-0.1, -0.05) is 56.3 Å². The molecule has 0 amide bonds. The van der Waals surface area contributed by atoms with E-state index in [0.717, 1.165) is 12.2 Å². The van der Waals surface area contributed by atoms with Gasteiger partial charge in [-0.15, -0.1) is 0 Å². The molecule has 0 bridgehead atoms. The van der Waals surface area contributed by atoms with E-state index >= 15 is 0 Å². The van der Waals surface area contributed by atoms with Crippen molar-refractivity contribution in [3.05, 3.63) is 65.7 Å². The van der Waals surface area contributed by atoms with Crippen molar-refractivity contribution in [1.29, 1.82) is 0 Å². The first-order valence-electron chi connectivity index (χ1n) is 7.37. The van der Waals surface area contributed by atoms with E-state index in [9.17, 15) is 0 Å². The van der Waals surface area contributed by atoms with Crippen molar-refractivity contribution in [3.8, 4) is 5.75 Å². The Labute approximate surface area is 122 Å². The van der Waals surface area contributed by atoms with Crippen LogP contribution in [0.1, 0.15) is 51.2 Å². The molecular weight excluding hydrogens is 244 g/mol. The lowest BCUT2D eigenvalue weighted by atomic mass is 9.97. The minimum absolute atomic E-state index is 0.320. The van der Waals surface area contributed by atoms with Crippen LogP contribution in [0.25, 0.3) is 0 Å². The highest BCUT2D eigenvalue weighted by Crippen LogP contribution is 2.29. The van der Waals surface area contributed by atoms with Crippen molar-refractivity contribution in [2.45, 2.75) is 45.6 Å². The summed E-state index contributed by atoms with van der Waals surface area (Å²) in [7, 11) is 0. The van der Waals surface area contributed by atoms with E-state index in [1.807, 2.05) is 18.2 Å². The maximum absolute atomic E-state index is 6.16. The van der Waals surface area contributed by atoms with Crippen LogP contribution in [0.2, 0.25) is 0 Å². The highest BCUT2D eigenvalue weighted by atomic mass is 16.5. The highest BCUT2D eigenvalue weighted by molar-refractivity contribution is 5.31. The molecule has 0 N–H and O–H groups in total. The van der Waals surface area contributed by atoms with Crippen LogP contribution in [0.5, 0.6) is 5.75 Å². The zero-order chi connectivity index (χ0) is 14.6. The Morgan fingerprint density at radius 1 is 0.950 bits per heavy atom. The lowest BCUT2D eigenvalue weighted by Crippen LogP contribution is -2.25. The first kappa shape index (κ1) is 14.6. The molecule has 0 fully saturated rings. The second-order valence-corrected chi connectivity index (χ2v) is 5.86. The van der Waals surface area contributed by atoms with Crippen LogP contribution in [0.4, 0.5) is 0 Å². The van der Waals surface area contributed by atoms with Gasteiger partial charge in [0.2, 0.25) is 0 Å². The van der Waals surface area contributed by atoms with Gasteiger partial charge in [-0.3, -0.25) is 0 Å². The predicted octanol–water partition coefficient (Wildman–Crippen LogP) is 5.51. The summed E-state index contributed by atoms with van der Waals surface area (Å²) in [4.78, 5) is 0. The van der Waals surface area contributed by atoms with Crippen molar-refractivity contribution in [2.75, 3.05) is 0 Å². The Morgan fingerprint density at radius 2 is 1.55 bits per heavy atom. The minimum Gasteiger partial charge on any atom is -0.483 e. The van der Waals surface area contributed by atoms with Gasteiger partial charge in [0.15, 0.2) is 0 Å². The minimum atomic E-state index is -0.320. The van der Waals surface area contributed by atoms with E-state index in [2.05, 4.69) is 64.1 Å². The van der Waals surface area contributed by atoms with Crippen molar-refractivity contribution < 1.29 is 4.74 Å². The van der Waals surface area contributed by atoms with E-state index in [-0.39, 0.29) is 5.60 Å². The summed E-state index contributed by atoms with van der Waals surface area (Å²) in [5, 5.41) is 0. The lowest BCUT2D eigenvalue weighted by Gasteiger charge is -2.27. The number of benzene rings is 2. The quantitative estimate of drug-likeness (QED) is 0.694. The molecule has 0 spiro atoms. The fourth-order valence-corrected chi connectivity index (χ4v) is 2.29. The van der Waals surface area contributed by atoms with Crippen LogP contribution >= 0.6 is 0 Å². The fourth-order valence-electron chi connectivity index (χ4n) is 2.29. The van der Waals surface area contributed by atoms with Gasteiger partial charge in [0, 0.05) is 0 Å². The van der Waals surface area contributed by atoms with E-state index in [1.165, 1.54) is 11.1 Å². The van der Waals surface area contributed by atoms with Gasteiger partial charge in [0.1, 0.15) is 11.4 Å². The van der Waals surface area contributed by atoms with Crippen molar-refractivity contribution in [1.82, 2.24) is 0 Å². The van der Waals surface area contributed by atoms with Gasteiger partial charge in [0.25, 0.3) is 0 Å². The van der Waals surface area contributed by atoms with Gasteiger partial charge >= 0.3 is 0 Å². The second kappa shape index (κ2) is 6.13. The molecule has 0 radical (unpaired) electrons. The smallest absolute Gasteiger partial charge is 0.128 e. The molecule has 1 unspecified atom stereocenters. The number of hydrogen-bond donors (Lipinski definition) is 0. The van der Waals surface area contributed by atoms with Crippen molar-refractivity contribution in [2.24, 2.45) is 0 Å². The van der Waals surface area contributed by atoms with Crippen LogP contribution in [-0.4, -0.2) is 0 Å². The molecule has 2 aromatic carbocycles. The van der Waals surface area contributed by atoms with Crippen molar-refractivity contribution in [3.63, 3.8) is 0 Å². The molecule has 0 aliphatic rings. The summed E-state index contributed by atoms with van der Waals surface area (Å²) in [6, 6.07) is 18.8.